The number of sulfone groups is 1. The number of nitrogens with one attached hydrogen (secondary N) is 1. The summed E-state index contributed by atoms with van der Waals surface area (Å²) in [5.74, 6) is -1.79. The fourth-order valence-corrected chi connectivity index (χ4v) is 7.05. The monoisotopic (exact) mass is 505 g/mol. The first-order valence-corrected chi connectivity index (χ1v) is 13.3. The Morgan fingerprint density at radius 3 is 2.53 bits per heavy atom. The normalized spacial score (nSPS) is 20.1. The number of carbonyl (C=O) groups excluding carboxylic acids is 2. The highest BCUT2D eigenvalue weighted by atomic mass is 32.2. The van der Waals surface area contributed by atoms with Gasteiger partial charge in [-0.05, 0) is 56.9 Å². The Labute approximate surface area is 202 Å². The topological polar surface area (TPSA) is 169 Å². The van der Waals surface area contributed by atoms with Gasteiger partial charge in [0.2, 0.25) is 11.8 Å². The van der Waals surface area contributed by atoms with Crippen molar-refractivity contribution >= 4 is 33.4 Å². The average Bonchev–Trinajstić information content (AvgIpc) is 3.24. The minimum Gasteiger partial charge on any atom is -0.368 e. The first kappa shape index (κ1) is 25.7. The van der Waals surface area contributed by atoms with E-state index in [1.807, 2.05) is 6.07 Å². The van der Waals surface area contributed by atoms with E-state index < -0.39 is 26.4 Å². The fourth-order valence-electron chi connectivity index (χ4n) is 4.22. The lowest BCUT2D eigenvalue weighted by atomic mass is 9.80. The molecule has 1 aliphatic carbocycles. The van der Waals surface area contributed by atoms with Gasteiger partial charge in [-0.2, -0.15) is 5.26 Å². The molecular formula is C22H27N5O5S2. The van der Waals surface area contributed by atoms with Gasteiger partial charge in [-0.1, -0.05) is 23.2 Å². The molecule has 1 fully saturated rings. The molecule has 3 atom stereocenters. The van der Waals surface area contributed by atoms with Crippen molar-refractivity contribution in [3.8, 4) is 6.07 Å². The lowest BCUT2D eigenvalue weighted by Crippen LogP contribution is -2.39. The van der Waals surface area contributed by atoms with Crippen LogP contribution in [0.5, 0.6) is 0 Å². The zero-order valence-electron chi connectivity index (χ0n) is 19.0. The van der Waals surface area contributed by atoms with Crippen molar-refractivity contribution in [2.45, 2.75) is 54.1 Å². The SMILES string of the molecule is Cc1nonc1C(C)(Sc1ccc(S(=O)(=O)C[C@H]2CCCC[C@@H]2C(=O)NCC#N)cc1)C(N)=O. The number of rotatable bonds is 9. The lowest BCUT2D eigenvalue weighted by Gasteiger charge is -2.30. The summed E-state index contributed by atoms with van der Waals surface area (Å²) in [6.45, 7) is 3.17. The molecule has 2 aromatic rings. The molecule has 1 unspecified atom stereocenters. The first-order chi connectivity index (χ1) is 16.1. The van der Waals surface area contributed by atoms with Crippen LogP contribution in [0.4, 0.5) is 0 Å². The summed E-state index contributed by atoms with van der Waals surface area (Å²) in [6, 6.07) is 8.07. The maximum Gasteiger partial charge on any atom is 0.240 e. The van der Waals surface area contributed by atoms with E-state index in [4.69, 9.17) is 15.6 Å². The Bertz CT molecular complexity index is 1190. The molecule has 3 N–H and O–H groups in total. The molecular weight excluding hydrogens is 478 g/mol. The molecule has 1 heterocycles. The number of carbonyl (C=O) groups is 2. The van der Waals surface area contributed by atoms with Crippen LogP contribution in [0, 0.1) is 30.1 Å². The van der Waals surface area contributed by atoms with Crippen molar-refractivity contribution in [2.24, 2.45) is 17.6 Å². The molecule has 0 spiro atoms. The van der Waals surface area contributed by atoms with Crippen LogP contribution in [0.15, 0.2) is 38.7 Å². The summed E-state index contributed by atoms with van der Waals surface area (Å²) >= 11 is 1.13. The number of nitrogens with zero attached hydrogens (tertiary/aromatic N) is 3. The quantitative estimate of drug-likeness (QED) is 0.383. The number of hydrogen-bond acceptors (Lipinski definition) is 9. The van der Waals surface area contributed by atoms with Gasteiger partial charge in [0.25, 0.3) is 0 Å². The van der Waals surface area contributed by atoms with Gasteiger partial charge >= 0.3 is 0 Å². The van der Waals surface area contributed by atoms with Gasteiger partial charge < -0.3 is 11.1 Å². The van der Waals surface area contributed by atoms with Gasteiger partial charge in [0.1, 0.15) is 22.7 Å². The largest absolute Gasteiger partial charge is 0.368 e. The molecule has 34 heavy (non-hydrogen) atoms. The van der Waals surface area contributed by atoms with Crippen LogP contribution < -0.4 is 11.1 Å². The van der Waals surface area contributed by atoms with Crippen LogP contribution in [0.1, 0.15) is 44.0 Å². The standard InChI is InChI=1S/C22H27N5O5S2/c1-14-19(27-32-26-14)22(2,21(24)29)33-16-7-9-17(10-8-16)34(30,31)13-15-5-3-4-6-18(15)20(28)25-12-11-23/h7-10,15,18H,3-6,12-13H2,1-2H3,(H2,24,29)(H,25,28)/t15-,18+,22?/m1/s1. The van der Waals surface area contributed by atoms with Crippen molar-refractivity contribution in [3.05, 3.63) is 35.7 Å². The third kappa shape index (κ3) is 5.59. The summed E-state index contributed by atoms with van der Waals surface area (Å²) in [4.78, 5) is 25.4. The van der Waals surface area contributed by atoms with Gasteiger partial charge in [0.15, 0.2) is 9.84 Å². The highest BCUT2D eigenvalue weighted by molar-refractivity contribution is 8.01. The van der Waals surface area contributed by atoms with E-state index in [0.717, 1.165) is 24.6 Å². The second-order valence-electron chi connectivity index (χ2n) is 8.48. The maximum atomic E-state index is 13.1. The van der Waals surface area contributed by atoms with Crippen LogP contribution >= 0.6 is 11.8 Å². The van der Waals surface area contributed by atoms with E-state index in [1.165, 1.54) is 12.1 Å². The van der Waals surface area contributed by atoms with Crippen LogP contribution in [-0.2, 0) is 24.2 Å². The number of nitriles is 1. The number of benzene rings is 1. The number of amides is 2. The summed E-state index contributed by atoms with van der Waals surface area (Å²) in [6.07, 6.45) is 2.96. The Kier molecular flexibility index (Phi) is 7.99. The van der Waals surface area contributed by atoms with Crippen LogP contribution in [0.3, 0.4) is 0 Å². The van der Waals surface area contributed by atoms with Gasteiger partial charge in [0.05, 0.1) is 16.7 Å². The van der Waals surface area contributed by atoms with Crippen molar-refractivity contribution in [1.82, 2.24) is 15.6 Å². The number of nitrogens with two attached hydrogens (primary N) is 1. The second-order valence-corrected chi connectivity index (χ2v) is 12.0. The summed E-state index contributed by atoms with van der Waals surface area (Å²) in [5, 5.41) is 18.8. The molecule has 10 nitrogen and oxygen atoms in total. The van der Waals surface area contributed by atoms with Gasteiger partial charge in [0, 0.05) is 10.8 Å². The van der Waals surface area contributed by atoms with E-state index in [0.29, 0.717) is 29.1 Å². The molecule has 0 bridgehead atoms. The molecule has 1 aliphatic rings. The smallest absolute Gasteiger partial charge is 0.240 e. The Hall–Kier alpha value is -2.91. The van der Waals surface area contributed by atoms with Gasteiger partial charge in [-0.3, -0.25) is 9.59 Å². The van der Waals surface area contributed by atoms with Crippen LogP contribution in [-0.4, -0.2) is 42.8 Å². The van der Waals surface area contributed by atoms with E-state index >= 15 is 0 Å². The minimum absolute atomic E-state index is 0.0952. The average molecular weight is 506 g/mol. The highest BCUT2D eigenvalue weighted by Crippen LogP contribution is 2.41. The van der Waals surface area contributed by atoms with Gasteiger partial charge in [-0.15, -0.1) is 11.8 Å². The van der Waals surface area contributed by atoms with E-state index in [1.54, 1.807) is 26.0 Å². The Morgan fingerprint density at radius 1 is 1.26 bits per heavy atom. The maximum absolute atomic E-state index is 13.1. The number of aromatic nitrogens is 2. The number of hydrogen-bond donors (Lipinski definition) is 2. The molecule has 1 aromatic carbocycles. The van der Waals surface area contributed by atoms with E-state index in [9.17, 15) is 18.0 Å². The number of aryl methyl sites for hydroxylation is 1. The fraction of sp³-hybridized carbons (Fsp3) is 0.500. The molecule has 0 radical (unpaired) electrons. The van der Waals surface area contributed by atoms with E-state index in [2.05, 4.69) is 15.6 Å². The second kappa shape index (κ2) is 10.6. The van der Waals surface area contributed by atoms with Crippen molar-refractivity contribution in [2.75, 3.05) is 12.3 Å². The first-order valence-electron chi connectivity index (χ1n) is 10.8. The highest BCUT2D eigenvalue weighted by Gasteiger charge is 2.40. The third-order valence-electron chi connectivity index (χ3n) is 6.10. The van der Waals surface area contributed by atoms with Crippen molar-refractivity contribution in [3.63, 3.8) is 0 Å². The number of thioether (sulfide) groups is 1. The predicted octanol–water partition coefficient (Wildman–Crippen LogP) is 2.09. The molecule has 0 aliphatic heterocycles. The predicted molar refractivity (Wildman–Crippen MR) is 124 cm³/mol. The number of primary amides is 1. The summed E-state index contributed by atoms with van der Waals surface area (Å²) in [5.41, 5.74) is 6.38. The summed E-state index contributed by atoms with van der Waals surface area (Å²) in [7, 11) is -3.66. The molecule has 3 rings (SSSR count). The lowest BCUT2D eigenvalue weighted by molar-refractivity contribution is -0.127. The molecule has 0 saturated heterocycles. The van der Waals surface area contributed by atoms with Crippen molar-refractivity contribution < 1.29 is 22.6 Å². The Balaban J connectivity index is 1.76. The molecule has 1 aromatic heterocycles. The van der Waals surface area contributed by atoms with Crippen molar-refractivity contribution in [1.29, 1.82) is 5.26 Å². The Morgan fingerprint density at radius 2 is 1.94 bits per heavy atom. The zero-order valence-corrected chi connectivity index (χ0v) is 20.6. The van der Waals surface area contributed by atoms with E-state index in [-0.39, 0.29) is 29.0 Å². The zero-order chi connectivity index (χ0) is 24.9. The third-order valence-corrected chi connectivity index (χ3v) is 9.27. The molecule has 2 amide bonds. The van der Waals surface area contributed by atoms with Crippen LogP contribution in [0.25, 0.3) is 0 Å². The van der Waals surface area contributed by atoms with Crippen LogP contribution in [0.2, 0.25) is 0 Å². The minimum atomic E-state index is -3.66. The summed E-state index contributed by atoms with van der Waals surface area (Å²) < 4.78 is 29.7. The molecule has 182 valence electrons. The molecule has 12 heteroatoms. The van der Waals surface area contributed by atoms with Gasteiger partial charge in [-0.25, -0.2) is 13.0 Å². The molecule has 1 saturated carbocycles.